The Kier molecular flexibility index (Phi) is 5.78. The zero-order valence-corrected chi connectivity index (χ0v) is 14.1. The molecule has 3 aromatic rings. The van der Waals surface area contributed by atoms with Crippen molar-refractivity contribution in [1.82, 2.24) is 0 Å². The SMILES string of the molecule is O=C(OCCc1ccc(OC(=O)c2ccccc2)cc1)c1ccccc1. The van der Waals surface area contributed by atoms with Crippen molar-refractivity contribution < 1.29 is 19.1 Å². The van der Waals surface area contributed by atoms with Gasteiger partial charge in [-0.05, 0) is 42.0 Å². The van der Waals surface area contributed by atoms with Gasteiger partial charge in [0.05, 0.1) is 17.7 Å². The molecule has 0 aliphatic rings. The molecule has 26 heavy (non-hydrogen) atoms. The van der Waals surface area contributed by atoms with Crippen LogP contribution in [0.1, 0.15) is 26.3 Å². The number of rotatable bonds is 6. The number of benzene rings is 3. The third-order valence-electron chi connectivity index (χ3n) is 3.78. The third-order valence-corrected chi connectivity index (χ3v) is 3.78. The molecule has 0 saturated heterocycles. The van der Waals surface area contributed by atoms with Crippen LogP contribution >= 0.6 is 0 Å². The molecule has 3 aromatic carbocycles. The summed E-state index contributed by atoms with van der Waals surface area (Å²) in [5, 5.41) is 0. The molecule has 0 aromatic heterocycles. The topological polar surface area (TPSA) is 52.6 Å². The van der Waals surface area contributed by atoms with Gasteiger partial charge in [-0.1, -0.05) is 48.5 Å². The maximum atomic E-state index is 12.0. The summed E-state index contributed by atoms with van der Waals surface area (Å²) < 4.78 is 10.6. The lowest BCUT2D eigenvalue weighted by Crippen LogP contribution is -2.09. The predicted molar refractivity (Wildman–Crippen MR) is 98.3 cm³/mol. The molecule has 0 heterocycles. The molecule has 0 fully saturated rings. The smallest absolute Gasteiger partial charge is 0.343 e. The second kappa shape index (κ2) is 8.62. The van der Waals surface area contributed by atoms with Gasteiger partial charge in [-0.2, -0.15) is 0 Å². The van der Waals surface area contributed by atoms with Crippen molar-refractivity contribution in [1.29, 1.82) is 0 Å². The highest BCUT2D eigenvalue weighted by atomic mass is 16.5. The highest BCUT2D eigenvalue weighted by molar-refractivity contribution is 5.91. The lowest BCUT2D eigenvalue weighted by molar-refractivity contribution is 0.0508. The molecular formula is C22H18O4. The van der Waals surface area contributed by atoms with Crippen molar-refractivity contribution >= 4 is 11.9 Å². The summed E-state index contributed by atoms with van der Waals surface area (Å²) in [6, 6.07) is 24.9. The van der Waals surface area contributed by atoms with E-state index in [1.807, 2.05) is 24.3 Å². The molecule has 130 valence electrons. The first kappa shape index (κ1) is 17.4. The van der Waals surface area contributed by atoms with Crippen molar-refractivity contribution in [2.75, 3.05) is 6.61 Å². The average Bonchev–Trinajstić information content (AvgIpc) is 2.70. The van der Waals surface area contributed by atoms with Crippen LogP contribution < -0.4 is 4.74 Å². The van der Waals surface area contributed by atoms with E-state index in [-0.39, 0.29) is 12.6 Å². The highest BCUT2D eigenvalue weighted by Gasteiger charge is 2.08. The largest absolute Gasteiger partial charge is 0.462 e. The fraction of sp³-hybridized carbons (Fsp3) is 0.0909. The quantitative estimate of drug-likeness (QED) is 0.493. The van der Waals surface area contributed by atoms with Crippen molar-refractivity contribution in [2.45, 2.75) is 6.42 Å². The predicted octanol–water partition coefficient (Wildman–Crippen LogP) is 4.31. The summed E-state index contributed by atoms with van der Waals surface area (Å²) >= 11 is 0. The Balaban J connectivity index is 1.49. The lowest BCUT2D eigenvalue weighted by Gasteiger charge is -2.07. The Morgan fingerprint density at radius 1 is 0.654 bits per heavy atom. The number of ether oxygens (including phenoxy) is 2. The van der Waals surface area contributed by atoms with Gasteiger partial charge in [-0.3, -0.25) is 0 Å². The Labute approximate surface area is 152 Å². The van der Waals surface area contributed by atoms with Crippen LogP contribution in [0, 0.1) is 0 Å². The Hall–Kier alpha value is -3.40. The van der Waals surface area contributed by atoms with Crippen LogP contribution in [0.4, 0.5) is 0 Å². The van der Waals surface area contributed by atoms with Crippen molar-refractivity contribution in [3.8, 4) is 5.75 Å². The summed E-state index contributed by atoms with van der Waals surface area (Å²) in [7, 11) is 0. The van der Waals surface area contributed by atoms with Gasteiger partial charge in [0.2, 0.25) is 0 Å². The molecule has 0 atom stereocenters. The van der Waals surface area contributed by atoms with Crippen LogP contribution in [-0.2, 0) is 11.2 Å². The molecular weight excluding hydrogens is 328 g/mol. The second-order valence-corrected chi connectivity index (χ2v) is 5.65. The van der Waals surface area contributed by atoms with Crippen molar-refractivity contribution in [3.63, 3.8) is 0 Å². The van der Waals surface area contributed by atoms with Crippen LogP contribution in [0.25, 0.3) is 0 Å². The molecule has 0 unspecified atom stereocenters. The Morgan fingerprint density at radius 3 is 1.77 bits per heavy atom. The number of esters is 2. The van der Waals surface area contributed by atoms with Crippen LogP contribution in [-0.4, -0.2) is 18.5 Å². The van der Waals surface area contributed by atoms with E-state index in [4.69, 9.17) is 9.47 Å². The van der Waals surface area contributed by atoms with Crippen molar-refractivity contribution in [2.24, 2.45) is 0 Å². The van der Waals surface area contributed by atoms with Crippen LogP contribution in [0.2, 0.25) is 0 Å². The number of carbonyl (C=O) groups is 2. The minimum absolute atomic E-state index is 0.289. The molecule has 0 aliphatic heterocycles. The summed E-state index contributed by atoms with van der Waals surface area (Å²) in [4.78, 5) is 23.9. The molecule has 0 saturated carbocycles. The Morgan fingerprint density at radius 2 is 1.19 bits per heavy atom. The first-order chi connectivity index (χ1) is 12.7. The monoisotopic (exact) mass is 346 g/mol. The van der Waals surface area contributed by atoms with Gasteiger partial charge in [0.15, 0.2) is 0 Å². The number of hydrogen-bond donors (Lipinski definition) is 0. The zero-order chi connectivity index (χ0) is 18.2. The van der Waals surface area contributed by atoms with E-state index >= 15 is 0 Å². The Bertz CT molecular complexity index is 856. The zero-order valence-electron chi connectivity index (χ0n) is 14.1. The van der Waals surface area contributed by atoms with E-state index in [9.17, 15) is 9.59 Å². The fourth-order valence-electron chi connectivity index (χ4n) is 2.38. The molecule has 0 N–H and O–H groups in total. The molecule has 0 amide bonds. The molecule has 0 radical (unpaired) electrons. The minimum atomic E-state index is -0.393. The summed E-state index contributed by atoms with van der Waals surface area (Å²) in [6.45, 7) is 0.289. The molecule has 4 nitrogen and oxygen atoms in total. The van der Waals surface area contributed by atoms with Gasteiger partial charge < -0.3 is 9.47 Å². The minimum Gasteiger partial charge on any atom is -0.462 e. The second-order valence-electron chi connectivity index (χ2n) is 5.65. The normalized spacial score (nSPS) is 10.2. The highest BCUT2D eigenvalue weighted by Crippen LogP contribution is 2.15. The molecule has 0 bridgehead atoms. The van der Waals surface area contributed by atoms with Gasteiger partial charge in [0, 0.05) is 6.42 Å². The number of hydrogen-bond acceptors (Lipinski definition) is 4. The molecule has 0 aliphatic carbocycles. The van der Waals surface area contributed by atoms with E-state index < -0.39 is 5.97 Å². The van der Waals surface area contributed by atoms with Gasteiger partial charge >= 0.3 is 11.9 Å². The third kappa shape index (κ3) is 4.80. The van der Waals surface area contributed by atoms with Crippen molar-refractivity contribution in [3.05, 3.63) is 102 Å². The lowest BCUT2D eigenvalue weighted by atomic mass is 10.1. The maximum absolute atomic E-state index is 12.0. The summed E-state index contributed by atoms with van der Waals surface area (Å²) in [6.07, 6.45) is 0.589. The fourth-order valence-corrected chi connectivity index (χ4v) is 2.38. The molecule has 0 spiro atoms. The van der Waals surface area contributed by atoms with Crippen LogP contribution in [0.5, 0.6) is 5.75 Å². The van der Waals surface area contributed by atoms with Gasteiger partial charge in [0.1, 0.15) is 5.75 Å². The van der Waals surface area contributed by atoms with E-state index in [1.165, 1.54) is 0 Å². The van der Waals surface area contributed by atoms with E-state index in [0.717, 1.165) is 5.56 Å². The molecule has 4 heteroatoms. The van der Waals surface area contributed by atoms with Gasteiger partial charge in [-0.15, -0.1) is 0 Å². The van der Waals surface area contributed by atoms with E-state index in [2.05, 4.69) is 0 Å². The number of carbonyl (C=O) groups excluding carboxylic acids is 2. The van der Waals surface area contributed by atoms with E-state index in [1.54, 1.807) is 60.7 Å². The van der Waals surface area contributed by atoms with Gasteiger partial charge in [0.25, 0.3) is 0 Å². The van der Waals surface area contributed by atoms with Crippen LogP contribution in [0.3, 0.4) is 0 Å². The standard InChI is InChI=1S/C22H18O4/c23-21(18-7-3-1-4-8-18)25-16-15-17-11-13-20(14-12-17)26-22(24)19-9-5-2-6-10-19/h1-14H,15-16H2. The first-order valence-electron chi connectivity index (χ1n) is 8.31. The van der Waals surface area contributed by atoms with Gasteiger partial charge in [-0.25, -0.2) is 9.59 Å². The van der Waals surface area contributed by atoms with E-state index in [0.29, 0.717) is 23.3 Å². The molecule has 3 rings (SSSR count). The maximum Gasteiger partial charge on any atom is 0.343 e. The summed E-state index contributed by atoms with van der Waals surface area (Å²) in [5.41, 5.74) is 2.03. The summed E-state index contributed by atoms with van der Waals surface area (Å²) in [5.74, 6) is -0.252. The first-order valence-corrected chi connectivity index (χ1v) is 8.31. The van der Waals surface area contributed by atoms with Crippen LogP contribution in [0.15, 0.2) is 84.9 Å². The average molecular weight is 346 g/mol.